The molecule has 1 aliphatic carbocycles. The maximum absolute atomic E-state index is 12.6. The van der Waals surface area contributed by atoms with Gasteiger partial charge in [-0.05, 0) is 37.7 Å². The van der Waals surface area contributed by atoms with Crippen molar-refractivity contribution in [2.75, 3.05) is 25.0 Å². The first-order valence-corrected chi connectivity index (χ1v) is 9.25. The Hall–Kier alpha value is -1.89. The molecule has 3 rings (SSSR count). The summed E-state index contributed by atoms with van der Waals surface area (Å²) in [5.41, 5.74) is 1.54. The van der Waals surface area contributed by atoms with Gasteiger partial charge in [-0.15, -0.1) is 11.3 Å². The SMILES string of the molecule is CC(=O)Nc1sc2c(c1C(=O)OCCN1CCCC1=O)CCCC2. The van der Waals surface area contributed by atoms with Crippen molar-refractivity contribution < 1.29 is 19.1 Å². The molecule has 6 nitrogen and oxygen atoms in total. The van der Waals surface area contributed by atoms with Crippen molar-refractivity contribution in [3.05, 3.63) is 16.0 Å². The summed E-state index contributed by atoms with van der Waals surface area (Å²) in [7, 11) is 0. The lowest BCUT2D eigenvalue weighted by Gasteiger charge is -2.16. The quantitative estimate of drug-likeness (QED) is 0.827. The number of fused-ring (bicyclic) bond motifs is 1. The van der Waals surface area contributed by atoms with Crippen LogP contribution in [0.4, 0.5) is 5.00 Å². The molecule has 0 radical (unpaired) electrons. The van der Waals surface area contributed by atoms with Crippen LogP contribution in [-0.4, -0.2) is 42.4 Å². The number of aryl methyl sites for hydroxylation is 1. The number of hydrogen-bond acceptors (Lipinski definition) is 5. The van der Waals surface area contributed by atoms with E-state index in [4.69, 9.17) is 4.74 Å². The van der Waals surface area contributed by atoms with E-state index in [2.05, 4.69) is 5.32 Å². The number of esters is 1. The highest BCUT2D eigenvalue weighted by Gasteiger charge is 2.27. The average Bonchev–Trinajstić information content (AvgIpc) is 3.10. The van der Waals surface area contributed by atoms with Crippen LogP contribution in [0.5, 0.6) is 0 Å². The number of nitrogens with one attached hydrogen (secondary N) is 1. The zero-order chi connectivity index (χ0) is 17.1. The van der Waals surface area contributed by atoms with E-state index in [0.717, 1.165) is 44.2 Å². The fourth-order valence-corrected chi connectivity index (χ4v) is 4.61. The predicted octanol–water partition coefficient (Wildman–Crippen LogP) is 2.36. The van der Waals surface area contributed by atoms with E-state index in [1.807, 2.05) is 0 Å². The lowest BCUT2D eigenvalue weighted by Crippen LogP contribution is -2.29. The van der Waals surface area contributed by atoms with E-state index in [0.29, 0.717) is 23.5 Å². The Morgan fingerprint density at radius 3 is 2.71 bits per heavy atom. The average molecular weight is 350 g/mol. The maximum atomic E-state index is 12.6. The molecule has 0 spiro atoms. The Morgan fingerprint density at radius 1 is 1.21 bits per heavy atom. The number of hydrogen-bond donors (Lipinski definition) is 1. The third-order valence-corrected chi connectivity index (χ3v) is 5.64. The molecule has 1 aliphatic heterocycles. The Kier molecular flexibility index (Phi) is 5.18. The first kappa shape index (κ1) is 17.0. The Labute approximate surface area is 145 Å². The highest BCUT2D eigenvalue weighted by atomic mass is 32.1. The lowest BCUT2D eigenvalue weighted by molar-refractivity contribution is -0.128. The number of ether oxygens (including phenoxy) is 1. The molecule has 0 atom stereocenters. The normalized spacial score (nSPS) is 16.9. The van der Waals surface area contributed by atoms with Crippen LogP contribution in [-0.2, 0) is 27.2 Å². The minimum absolute atomic E-state index is 0.123. The van der Waals surface area contributed by atoms with Gasteiger partial charge in [-0.25, -0.2) is 4.79 Å². The molecule has 1 saturated heterocycles. The highest BCUT2D eigenvalue weighted by Crippen LogP contribution is 2.38. The van der Waals surface area contributed by atoms with Gasteiger partial charge in [0.05, 0.1) is 12.1 Å². The van der Waals surface area contributed by atoms with E-state index < -0.39 is 5.97 Å². The first-order valence-electron chi connectivity index (χ1n) is 8.43. The standard InChI is InChI=1S/C17H22N2O4S/c1-11(20)18-16-15(12-5-2-3-6-13(12)24-16)17(22)23-10-9-19-8-4-7-14(19)21/h2-10H2,1H3,(H,18,20). The van der Waals surface area contributed by atoms with Gasteiger partial charge in [-0.2, -0.15) is 0 Å². The van der Waals surface area contributed by atoms with Gasteiger partial charge in [0.2, 0.25) is 11.8 Å². The molecule has 1 N–H and O–H groups in total. The van der Waals surface area contributed by atoms with Crippen molar-refractivity contribution in [1.82, 2.24) is 4.90 Å². The lowest BCUT2D eigenvalue weighted by atomic mass is 9.95. The minimum Gasteiger partial charge on any atom is -0.460 e. The van der Waals surface area contributed by atoms with Gasteiger partial charge < -0.3 is 15.0 Å². The van der Waals surface area contributed by atoms with Crippen molar-refractivity contribution in [3.8, 4) is 0 Å². The van der Waals surface area contributed by atoms with Gasteiger partial charge in [0.25, 0.3) is 0 Å². The minimum atomic E-state index is -0.398. The smallest absolute Gasteiger partial charge is 0.341 e. The molecule has 0 aromatic carbocycles. The number of amides is 2. The van der Waals surface area contributed by atoms with E-state index >= 15 is 0 Å². The van der Waals surface area contributed by atoms with Crippen LogP contribution in [0.3, 0.4) is 0 Å². The molecule has 2 heterocycles. The topological polar surface area (TPSA) is 75.7 Å². The van der Waals surface area contributed by atoms with Crippen LogP contribution in [0, 0.1) is 0 Å². The fraction of sp³-hybridized carbons (Fsp3) is 0.588. The molecule has 1 aromatic rings. The monoisotopic (exact) mass is 350 g/mol. The number of carbonyl (C=O) groups excluding carboxylic acids is 3. The van der Waals surface area contributed by atoms with Gasteiger partial charge in [0.15, 0.2) is 0 Å². The zero-order valence-corrected chi connectivity index (χ0v) is 14.7. The third kappa shape index (κ3) is 3.61. The number of nitrogens with zero attached hydrogens (tertiary/aromatic N) is 1. The third-order valence-electron chi connectivity index (χ3n) is 4.43. The van der Waals surface area contributed by atoms with Crippen LogP contribution in [0.1, 0.15) is 53.4 Å². The Bertz CT molecular complexity index is 668. The van der Waals surface area contributed by atoms with E-state index in [-0.39, 0.29) is 18.4 Å². The van der Waals surface area contributed by atoms with Gasteiger partial charge in [-0.3, -0.25) is 9.59 Å². The van der Waals surface area contributed by atoms with Crippen LogP contribution < -0.4 is 5.32 Å². The van der Waals surface area contributed by atoms with Crippen molar-refractivity contribution in [1.29, 1.82) is 0 Å². The predicted molar refractivity (Wildman–Crippen MR) is 91.4 cm³/mol. The summed E-state index contributed by atoms with van der Waals surface area (Å²) in [4.78, 5) is 38.5. The second-order valence-electron chi connectivity index (χ2n) is 6.22. The fourth-order valence-electron chi connectivity index (χ4n) is 3.29. The Balaban J connectivity index is 1.69. The van der Waals surface area contributed by atoms with E-state index in [9.17, 15) is 14.4 Å². The largest absolute Gasteiger partial charge is 0.460 e. The number of anilines is 1. The molecular formula is C17H22N2O4S. The summed E-state index contributed by atoms with van der Waals surface area (Å²) in [5.74, 6) is -0.465. The molecule has 2 amide bonds. The molecule has 2 aliphatic rings. The van der Waals surface area contributed by atoms with Gasteiger partial charge in [-0.1, -0.05) is 0 Å². The number of rotatable bonds is 5. The summed E-state index contributed by atoms with van der Waals surface area (Å²) in [5, 5.41) is 3.36. The molecule has 0 saturated carbocycles. The second kappa shape index (κ2) is 7.34. The number of thiophene rings is 1. The van der Waals surface area contributed by atoms with Crippen molar-refractivity contribution in [2.45, 2.75) is 45.4 Å². The summed E-state index contributed by atoms with van der Waals surface area (Å²) >= 11 is 1.48. The zero-order valence-electron chi connectivity index (χ0n) is 13.9. The summed E-state index contributed by atoms with van der Waals surface area (Å²) < 4.78 is 5.41. The maximum Gasteiger partial charge on any atom is 0.341 e. The van der Waals surface area contributed by atoms with Gasteiger partial charge in [0, 0.05) is 24.8 Å². The number of carbonyl (C=O) groups is 3. The number of likely N-dealkylation sites (tertiary alicyclic amines) is 1. The van der Waals surface area contributed by atoms with E-state index in [1.165, 1.54) is 23.1 Å². The molecule has 0 unspecified atom stereocenters. The van der Waals surface area contributed by atoms with E-state index in [1.54, 1.807) is 4.90 Å². The van der Waals surface area contributed by atoms with Crippen molar-refractivity contribution >= 4 is 34.1 Å². The Morgan fingerprint density at radius 2 is 2.00 bits per heavy atom. The highest BCUT2D eigenvalue weighted by molar-refractivity contribution is 7.17. The molecule has 7 heteroatoms. The molecule has 1 aromatic heterocycles. The summed E-state index contributed by atoms with van der Waals surface area (Å²) in [6.07, 6.45) is 5.41. The summed E-state index contributed by atoms with van der Waals surface area (Å²) in [6.45, 7) is 2.80. The van der Waals surface area contributed by atoms with Crippen LogP contribution in [0.2, 0.25) is 0 Å². The summed E-state index contributed by atoms with van der Waals surface area (Å²) in [6, 6.07) is 0. The molecular weight excluding hydrogens is 328 g/mol. The molecule has 0 bridgehead atoms. The van der Waals surface area contributed by atoms with Crippen molar-refractivity contribution in [3.63, 3.8) is 0 Å². The van der Waals surface area contributed by atoms with Crippen LogP contribution >= 0.6 is 11.3 Å². The first-order chi connectivity index (χ1) is 11.6. The van der Waals surface area contributed by atoms with Crippen LogP contribution in [0.25, 0.3) is 0 Å². The van der Waals surface area contributed by atoms with Gasteiger partial charge in [0.1, 0.15) is 11.6 Å². The van der Waals surface area contributed by atoms with Crippen molar-refractivity contribution in [2.24, 2.45) is 0 Å². The van der Waals surface area contributed by atoms with Gasteiger partial charge >= 0.3 is 5.97 Å². The molecule has 130 valence electrons. The second-order valence-corrected chi connectivity index (χ2v) is 7.32. The molecule has 24 heavy (non-hydrogen) atoms. The van der Waals surface area contributed by atoms with Crippen LogP contribution in [0.15, 0.2) is 0 Å². The molecule has 1 fully saturated rings.